The first-order valence-electron chi connectivity index (χ1n) is 8.28. The van der Waals surface area contributed by atoms with Crippen LogP contribution in [-0.2, 0) is 0 Å². The normalized spacial score (nSPS) is 17.6. The number of anilines is 3. The van der Waals surface area contributed by atoms with Gasteiger partial charge in [-0.1, -0.05) is 12.1 Å². The van der Waals surface area contributed by atoms with E-state index in [0.717, 1.165) is 16.7 Å². The third kappa shape index (κ3) is 3.56. The van der Waals surface area contributed by atoms with E-state index in [0.29, 0.717) is 23.0 Å². The highest BCUT2D eigenvalue weighted by atomic mass is 79.9. The molecule has 0 aliphatic carbocycles. The maximum absolute atomic E-state index is 12.4. The Hall–Kier alpha value is -2.01. The monoisotopic (exact) mass is 387 g/mol. The molecule has 1 aliphatic rings. The predicted octanol–water partition coefficient (Wildman–Crippen LogP) is 4.66. The van der Waals surface area contributed by atoms with Crippen molar-refractivity contribution in [3.8, 4) is 0 Å². The molecule has 1 atom stereocenters. The maximum Gasteiger partial charge on any atom is 0.256 e. The summed E-state index contributed by atoms with van der Waals surface area (Å²) < 4.78 is 0.772. The summed E-state index contributed by atoms with van der Waals surface area (Å²) in [4.78, 5) is 14.8. The lowest BCUT2D eigenvalue weighted by molar-refractivity contribution is 0.102. The Kier molecular flexibility index (Phi) is 5.09. The van der Waals surface area contributed by atoms with Crippen molar-refractivity contribution in [2.75, 3.05) is 22.5 Å². The van der Waals surface area contributed by atoms with Crippen molar-refractivity contribution in [2.24, 2.45) is 0 Å². The molecule has 1 saturated heterocycles. The molecule has 1 fully saturated rings. The van der Waals surface area contributed by atoms with Crippen molar-refractivity contribution in [1.82, 2.24) is 0 Å². The number of nitrogens with one attached hydrogen (secondary N) is 1. The first-order chi connectivity index (χ1) is 11.6. The number of hydrogen-bond acceptors (Lipinski definition) is 3. The van der Waals surface area contributed by atoms with Crippen molar-refractivity contribution in [2.45, 2.75) is 32.2 Å². The highest BCUT2D eigenvalue weighted by Gasteiger charge is 2.20. The quantitative estimate of drug-likeness (QED) is 0.752. The van der Waals surface area contributed by atoms with Gasteiger partial charge in [0, 0.05) is 22.7 Å². The van der Waals surface area contributed by atoms with Gasteiger partial charge in [-0.3, -0.25) is 4.79 Å². The lowest BCUT2D eigenvalue weighted by atomic mass is 10.0. The summed E-state index contributed by atoms with van der Waals surface area (Å²) in [6.07, 6.45) is 3.67. The molecule has 4 nitrogen and oxygen atoms in total. The second-order valence-electron chi connectivity index (χ2n) is 6.25. The summed E-state index contributed by atoms with van der Waals surface area (Å²) >= 11 is 3.40. The van der Waals surface area contributed by atoms with Gasteiger partial charge in [0.1, 0.15) is 0 Å². The van der Waals surface area contributed by atoms with Crippen LogP contribution in [0.25, 0.3) is 0 Å². The number of halogens is 1. The van der Waals surface area contributed by atoms with Crippen molar-refractivity contribution in [3.05, 3.63) is 52.5 Å². The number of hydrogen-bond donors (Lipinski definition) is 2. The standard InChI is InChI=1S/C19H22BrN3O/c1-13-6-4-5-11-23(13)18-10-9-14(12-17(18)21)22-19(24)15-7-2-3-8-16(15)20/h2-3,7-10,12-13H,4-6,11,21H2,1H3,(H,22,24). The molecular weight excluding hydrogens is 366 g/mol. The van der Waals surface area contributed by atoms with Crippen molar-refractivity contribution in [3.63, 3.8) is 0 Å². The van der Waals surface area contributed by atoms with Gasteiger partial charge in [-0.2, -0.15) is 0 Å². The smallest absolute Gasteiger partial charge is 0.256 e. The Labute approximate surface area is 151 Å². The molecule has 1 unspecified atom stereocenters. The topological polar surface area (TPSA) is 58.4 Å². The Morgan fingerprint density at radius 1 is 1.25 bits per heavy atom. The number of rotatable bonds is 3. The van der Waals surface area contributed by atoms with E-state index >= 15 is 0 Å². The molecule has 24 heavy (non-hydrogen) atoms. The number of nitrogen functional groups attached to an aromatic ring is 1. The molecule has 0 bridgehead atoms. The zero-order valence-corrected chi connectivity index (χ0v) is 15.3. The molecule has 1 heterocycles. The van der Waals surface area contributed by atoms with Gasteiger partial charge in [0.2, 0.25) is 0 Å². The van der Waals surface area contributed by atoms with Gasteiger partial charge in [0.05, 0.1) is 16.9 Å². The van der Waals surface area contributed by atoms with E-state index in [9.17, 15) is 4.79 Å². The van der Waals surface area contributed by atoms with E-state index in [1.54, 1.807) is 6.07 Å². The maximum atomic E-state index is 12.4. The van der Waals surface area contributed by atoms with E-state index in [1.807, 2.05) is 36.4 Å². The minimum Gasteiger partial charge on any atom is -0.397 e. The van der Waals surface area contributed by atoms with E-state index in [2.05, 4.69) is 33.1 Å². The summed E-state index contributed by atoms with van der Waals surface area (Å²) in [7, 11) is 0. The summed E-state index contributed by atoms with van der Waals surface area (Å²) in [6.45, 7) is 3.27. The van der Waals surface area contributed by atoms with Crippen LogP contribution in [0.15, 0.2) is 46.9 Å². The lowest BCUT2D eigenvalue weighted by Gasteiger charge is -2.36. The molecule has 1 amide bonds. The van der Waals surface area contributed by atoms with Crippen molar-refractivity contribution < 1.29 is 4.79 Å². The van der Waals surface area contributed by atoms with Crippen molar-refractivity contribution >= 4 is 38.9 Å². The van der Waals surface area contributed by atoms with Crippen LogP contribution in [0.4, 0.5) is 17.1 Å². The number of benzene rings is 2. The first kappa shape index (κ1) is 16.8. The van der Waals surface area contributed by atoms with E-state index < -0.39 is 0 Å². The number of nitrogens with two attached hydrogens (primary N) is 1. The SMILES string of the molecule is CC1CCCCN1c1ccc(NC(=O)c2ccccc2Br)cc1N. The highest BCUT2D eigenvalue weighted by Crippen LogP contribution is 2.31. The first-order valence-corrected chi connectivity index (χ1v) is 9.07. The van der Waals surface area contributed by atoms with E-state index in [4.69, 9.17) is 5.73 Å². The fraction of sp³-hybridized carbons (Fsp3) is 0.316. The number of nitrogens with zero attached hydrogens (tertiary/aromatic N) is 1. The molecule has 126 valence electrons. The molecule has 0 radical (unpaired) electrons. The molecule has 5 heteroatoms. The zero-order valence-electron chi connectivity index (χ0n) is 13.8. The average Bonchev–Trinajstić information content (AvgIpc) is 2.56. The highest BCUT2D eigenvalue weighted by molar-refractivity contribution is 9.10. The fourth-order valence-corrected chi connectivity index (χ4v) is 3.66. The van der Waals surface area contributed by atoms with Crippen molar-refractivity contribution in [1.29, 1.82) is 0 Å². The van der Waals surface area contributed by atoms with Gasteiger partial charge >= 0.3 is 0 Å². The molecule has 3 N–H and O–H groups in total. The Balaban J connectivity index is 1.77. The minimum absolute atomic E-state index is 0.152. The van der Waals surface area contributed by atoms with E-state index in [1.165, 1.54) is 19.3 Å². The Morgan fingerprint density at radius 2 is 2.04 bits per heavy atom. The molecule has 0 aromatic heterocycles. The third-order valence-corrected chi connectivity index (χ3v) is 5.21. The van der Waals surface area contributed by atoms with Crippen LogP contribution in [0.1, 0.15) is 36.5 Å². The van der Waals surface area contributed by atoms with Crippen LogP contribution in [0.3, 0.4) is 0 Å². The minimum atomic E-state index is -0.152. The summed E-state index contributed by atoms with van der Waals surface area (Å²) in [5.74, 6) is -0.152. The molecule has 3 rings (SSSR count). The van der Waals surface area contributed by atoms with Gasteiger partial charge in [0.15, 0.2) is 0 Å². The lowest BCUT2D eigenvalue weighted by Crippen LogP contribution is -2.37. The van der Waals surface area contributed by atoms with Crippen LogP contribution < -0.4 is 16.0 Å². The number of piperidine rings is 1. The summed E-state index contributed by atoms with van der Waals surface area (Å²) in [5, 5.41) is 2.91. The zero-order chi connectivity index (χ0) is 17.1. The van der Waals surface area contributed by atoms with Crippen LogP contribution in [0, 0.1) is 0 Å². The molecule has 2 aromatic rings. The van der Waals surface area contributed by atoms with Gasteiger partial charge in [-0.05, 0) is 72.4 Å². The van der Waals surface area contributed by atoms with Gasteiger partial charge in [-0.15, -0.1) is 0 Å². The third-order valence-electron chi connectivity index (χ3n) is 4.52. The largest absolute Gasteiger partial charge is 0.397 e. The van der Waals surface area contributed by atoms with Gasteiger partial charge in [-0.25, -0.2) is 0 Å². The van der Waals surface area contributed by atoms with Crippen LogP contribution in [0.2, 0.25) is 0 Å². The van der Waals surface area contributed by atoms with Gasteiger partial charge < -0.3 is 16.0 Å². The Morgan fingerprint density at radius 3 is 2.75 bits per heavy atom. The molecule has 0 spiro atoms. The Bertz CT molecular complexity index is 747. The molecular formula is C19H22BrN3O. The molecule has 1 aliphatic heterocycles. The number of carbonyl (C=O) groups excluding carboxylic acids is 1. The second kappa shape index (κ2) is 7.26. The summed E-state index contributed by atoms with van der Waals surface area (Å²) in [6, 6.07) is 13.6. The van der Waals surface area contributed by atoms with E-state index in [-0.39, 0.29) is 5.91 Å². The predicted molar refractivity (Wildman–Crippen MR) is 104 cm³/mol. The van der Waals surface area contributed by atoms with Gasteiger partial charge in [0.25, 0.3) is 5.91 Å². The molecule has 0 saturated carbocycles. The molecule has 2 aromatic carbocycles. The number of amides is 1. The van der Waals surface area contributed by atoms with Crippen LogP contribution in [0.5, 0.6) is 0 Å². The van der Waals surface area contributed by atoms with Crippen LogP contribution >= 0.6 is 15.9 Å². The average molecular weight is 388 g/mol. The second-order valence-corrected chi connectivity index (χ2v) is 7.10. The number of carbonyl (C=O) groups is 1. The summed E-state index contributed by atoms with van der Waals surface area (Å²) in [5.41, 5.74) is 9.33. The fourth-order valence-electron chi connectivity index (χ4n) is 3.19. The van der Waals surface area contributed by atoms with Crippen LogP contribution in [-0.4, -0.2) is 18.5 Å².